The van der Waals surface area contributed by atoms with Crippen molar-refractivity contribution in [3.63, 3.8) is 0 Å². The molecule has 0 unspecified atom stereocenters. The number of amides is 1. The number of primary sulfonamides is 1. The second kappa shape index (κ2) is 5.73. The van der Waals surface area contributed by atoms with Crippen LogP contribution in [0.5, 0.6) is 0 Å². The van der Waals surface area contributed by atoms with Gasteiger partial charge < -0.3 is 4.90 Å². The van der Waals surface area contributed by atoms with Gasteiger partial charge in [-0.05, 0) is 19.1 Å². The lowest BCUT2D eigenvalue weighted by Crippen LogP contribution is -2.30. The molecule has 0 aliphatic heterocycles. The molecule has 0 radical (unpaired) electrons. The maximum absolute atomic E-state index is 12.2. The minimum atomic E-state index is -4.02. The second-order valence-electron chi connectivity index (χ2n) is 4.28. The molecular weight excluding hydrogens is 288 g/mol. The van der Waals surface area contributed by atoms with Crippen molar-refractivity contribution in [3.05, 3.63) is 40.9 Å². The highest BCUT2D eigenvalue weighted by atomic mass is 35.5. The van der Waals surface area contributed by atoms with Gasteiger partial charge in [-0.1, -0.05) is 29.8 Å². The first-order valence-corrected chi connectivity index (χ1v) is 7.28. The normalized spacial score (nSPS) is 11.2. The zero-order valence-electron chi connectivity index (χ0n) is 10.7. The standard InChI is InChI=1S/C12H15ClN2O3S/c1-8(2)7-15(3)12(16)11-9(13)5-4-6-10(11)19(14,17)18/h4-6H,1,7H2,2-3H3,(H2,14,17,18). The molecule has 0 aromatic heterocycles. The Morgan fingerprint density at radius 3 is 2.53 bits per heavy atom. The summed E-state index contributed by atoms with van der Waals surface area (Å²) in [4.78, 5) is 13.3. The lowest BCUT2D eigenvalue weighted by Gasteiger charge is -2.19. The first-order chi connectivity index (χ1) is 8.64. The van der Waals surface area contributed by atoms with Crippen LogP contribution < -0.4 is 5.14 Å². The number of hydrogen-bond donors (Lipinski definition) is 1. The van der Waals surface area contributed by atoms with Crippen LogP contribution in [-0.2, 0) is 10.0 Å². The first kappa shape index (κ1) is 15.7. The summed E-state index contributed by atoms with van der Waals surface area (Å²) in [5.41, 5.74) is 0.649. The molecule has 1 rings (SSSR count). The van der Waals surface area contributed by atoms with Gasteiger partial charge in [0, 0.05) is 13.6 Å². The number of carbonyl (C=O) groups excluding carboxylic acids is 1. The molecular formula is C12H15ClN2O3S. The molecule has 0 saturated carbocycles. The largest absolute Gasteiger partial charge is 0.338 e. The average Bonchev–Trinajstić information content (AvgIpc) is 2.25. The number of rotatable bonds is 4. The third-order valence-electron chi connectivity index (χ3n) is 2.35. The van der Waals surface area contributed by atoms with Gasteiger partial charge in [-0.2, -0.15) is 0 Å². The van der Waals surface area contributed by atoms with E-state index in [1.165, 1.54) is 30.1 Å². The van der Waals surface area contributed by atoms with E-state index >= 15 is 0 Å². The Morgan fingerprint density at radius 1 is 1.47 bits per heavy atom. The van der Waals surface area contributed by atoms with Crippen molar-refractivity contribution in [1.29, 1.82) is 0 Å². The van der Waals surface area contributed by atoms with E-state index in [1.807, 2.05) is 0 Å². The number of nitrogens with zero attached hydrogens (tertiary/aromatic N) is 1. The molecule has 0 fully saturated rings. The van der Waals surface area contributed by atoms with Crippen LogP contribution in [0.3, 0.4) is 0 Å². The third kappa shape index (κ3) is 3.79. The van der Waals surface area contributed by atoms with Crippen LogP contribution in [0.4, 0.5) is 0 Å². The van der Waals surface area contributed by atoms with Gasteiger partial charge >= 0.3 is 0 Å². The van der Waals surface area contributed by atoms with Crippen molar-refractivity contribution in [1.82, 2.24) is 4.90 Å². The van der Waals surface area contributed by atoms with Crippen LogP contribution in [0, 0.1) is 0 Å². The molecule has 1 aromatic carbocycles. The Balaban J connectivity index is 3.34. The smallest absolute Gasteiger partial charge is 0.256 e. The molecule has 0 saturated heterocycles. The number of benzene rings is 1. The van der Waals surface area contributed by atoms with Gasteiger partial charge in [0.2, 0.25) is 10.0 Å². The van der Waals surface area contributed by atoms with E-state index < -0.39 is 15.9 Å². The molecule has 7 heteroatoms. The molecule has 0 aliphatic carbocycles. The molecule has 5 nitrogen and oxygen atoms in total. The fraction of sp³-hybridized carbons (Fsp3) is 0.250. The van der Waals surface area contributed by atoms with Crippen molar-refractivity contribution < 1.29 is 13.2 Å². The van der Waals surface area contributed by atoms with Crippen LogP contribution in [0.2, 0.25) is 5.02 Å². The van der Waals surface area contributed by atoms with Gasteiger partial charge in [0.25, 0.3) is 5.91 Å². The lowest BCUT2D eigenvalue weighted by atomic mass is 10.2. The van der Waals surface area contributed by atoms with E-state index in [2.05, 4.69) is 6.58 Å². The van der Waals surface area contributed by atoms with Gasteiger partial charge in [0.05, 0.1) is 15.5 Å². The minimum Gasteiger partial charge on any atom is -0.338 e. The van der Waals surface area contributed by atoms with E-state index in [1.54, 1.807) is 6.92 Å². The molecule has 1 amide bonds. The summed E-state index contributed by atoms with van der Waals surface area (Å²) >= 11 is 5.92. The van der Waals surface area contributed by atoms with Crippen molar-refractivity contribution in [2.24, 2.45) is 5.14 Å². The van der Waals surface area contributed by atoms with E-state index in [4.69, 9.17) is 16.7 Å². The van der Waals surface area contributed by atoms with Crippen molar-refractivity contribution >= 4 is 27.5 Å². The molecule has 104 valence electrons. The first-order valence-electron chi connectivity index (χ1n) is 5.35. The number of sulfonamides is 1. The fourth-order valence-corrected chi connectivity index (χ4v) is 2.68. The van der Waals surface area contributed by atoms with E-state index in [9.17, 15) is 13.2 Å². The SMILES string of the molecule is C=C(C)CN(C)C(=O)c1c(Cl)cccc1S(N)(=O)=O. The topological polar surface area (TPSA) is 80.5 Å². The number of halogens is 1. The molecule has 2 N–H and O–H groups in total. The molecule has 0 bridgehead atoms. The van der Waals surface area contributed by atoms with Gasteiger partial charge in [0.1, 0.15) is 0 Å². The van der Waals surface area contributed by atoms with Crippen LogP contribution in [0.25, 0.3) is 0 Å². The van der Waals surface area contributed by atoms with Crippen LogP contribution in [0.15, 0.2) is 35.2 Å². The molecule has 0 heterocycles. The van der Waals surface area contributed by atoms with E-state index in [0.29, 0.717) is 6.54 Å². The quantitative estimate of drug-likeness (QED) is 0.858. The summed E-state index contributed by atoms with van der Waals surface area (Å²) in [7, 11) is -2.48. The second-order valence-corrected chi connectivity index (χ2v) is 6.21. The minimum absolute atomic E-state index is 0.0464. The molecule has 0 atom stereocenters. The average molecular weight is 303 g/mol. The highest BCUT2D eigenvalue weighted by molar-refractivity contribution is 7.89. The number of likely N-dealkylation sites (N-methyl/N-ethyl adjacent to an activating group) is 1. The molecule has 0 aliphatic rings. The van der Waals surface area contributed by atoms with E-state index in [-0.39, 0.29) is 15.5 Å². The fourth-order valence-electron chi connectivity index (χ4n) is 1.62. The van der Waals surface area contributed by atoms with Gasteiger partial charge in [0.15, 0.2) is 0 Å². The van der Waals surface area contributed by atoms with Crippen molar-refractivity contribution in [2.45, 2.75) is 11.8 Å². The summed E-state index contributed by atoms with van der Waals surface area (Å²) in [6.45, 7) is 5.76. The molecule has 1 aromatic rings. The maximum atomic E-state index is 12.2. The zero-order chi connectivity index (χ0) is 14.8. The van der Waals surface area contributed by atoms with E-state index in [0.717, 1.165) is 5.57 Å². The van der Waals surface area contributed by atoms with Crippen LogP contribution >= 0.6 is 11.6 Å². The van der Waals surface area contributed by atoms with Crippen molar-refractivity contribution in [2.75, 3.05) is 13.6 Å². The van der Waals surface area contributed by atoms with Gasteiger partial charge in [-0.25, -0.2) is 13.6 Å². The van der Waals surface area contributed by atoms with Gasteiger partial charge in [-0.15, -0.1) is 0 Å². The Morgan fingerprint density at radius 2 is 2.05 bits per heavy atom. The Labute approximate surface area is 117 Å². The molecule has 19 heavy (non-hydrogen) atoms. The highest BCUT2D eigenvalue weighted by Gasteiger charge is 2.24. The van der Waals surface area contributed by atoms with Crippen molar-refractivity contribution in [3.8, 4) is 0 Å². The predicted octanol–water partition coefficient (Wildman–Crippen LogP) is 1.64. The zero-order valence-corrected chi connectivity index (χ0v) is 12.3. The summed E-state index contributed by atoms with van der Waals surface area (Å²) in [6.07, 6.45) is 0. The van der Waals surface area contributed by atoms with Gasteiger partial charge in [-0.3, -0.25) is 4.79 Å². The maximum Gasteiger partial charge on any atom is 0.256 e. The monoisotopic (exact) mass is 302 g/mol. The number of carbonyl (C=O) groups is 1. The number of hydrogen-bond acceptors (Lipinski definition) is 3. The predicted molar refractivity (Wildman–Crippen MR) is 74.6 cm³/mol. The molecule has 0 spiro atoms. The van der Waals surface area contributed by atoms with Crippen LogP contribution in [-0.4, -0.2) is 32.8 Å². The lowest BCUT2D eigenvalue weighted by molar-refractivity contribution is 0.0803. The highest BCUT2D eigenvalue weighted by Crippen LogP contribution is 2.24. The Bertz CT molecular complexity index is 626. The Hall–Kier alpha value is -1.37. The van der Waals surface area contributed by atoms with Crippen LogP contribution in [0.1, 0.15) is 17.3 Å². The third-order valence-corrected chi connectivity index (χ3v) is 3.62. The summed E-state index contributed by atoms with van der Waals surface area (Å²) in [5, 5.41) is 5.14. The Kier molecular flexibility index (Phi) is 4.73. The number of nitrogens with two attached hydrogens (primary N) is 1. The summed E-state index contributed by atoms with van der Waals surface area (Å²) in [6, 6.07) is 4.12. The summed E-state index contributed by atoms with van der Waals surface area (Å²) in [5.74, 6) is -0.516. The summed E-state index contributed by atoms with van der Waals surface area (Å²) < 4.78 is 23.0.